The maximum absolute atomic E-state index is 5.88. The number of piperazine rings is 1. The number of aryl methyl sites for hydroxylation is 1. The summed E-state index contributed by atoms with van der Waals surface area (Å²) >= 11 is 0. The largest absolute Gasteiger partial charge is 0.396 e. The number of nitrogens with zero attached hydrogens (tertiary/aromatic N) is 2. The number of rotatable bonds is 2. The fourth-order valence-corrected chi connectivity index (χ4v) is 1.69. The van der Waals surface area contributed by atoms with Crippen molar-refractivity contribution < 1.29 is 0 Å². The predicted molar refractivity (Wildman–Crippen MR) is 55.9 cm³/mol. The van der Waals surface area contributed by atoms with Crippen molar-refractivity contribution in [1.29, 1.82) is 0 Å². The molecule has 1 saturated heterocycles. The van der Waals surface area contributed by atoms with Gasteiger partial charge in [-0.1, -0.05) is 0 Å². The zero-order chi connectivity index (χ0) is 9.97. The number of aromatic amines is 1. The van der Waals surface area contributed by atoms with E-state index in [2.05, 4.69) is 20.4 Å². The highest BCUT2D eigenvalue weighted by Gasteiger charge is 2.13. The molecular formula is C9H17N5. The third kappa shape index (κ3) is 1.88. The lowest BCUT2D eigenvalue weighted by molar-refractivity contribution is 0.231. The molecule has 0 unspecified atom stereocenters. The molecule has 0 amide bonds. The first-order valence-electron chi connectivity index (χ1n) is 5.00. The van der Waals surface area contributed by atoms with Crippen LogP contribution in [-0.4, -0.2) is 41.3 Å². The van der Waals surface area contributed by atoms with E-state index in [0.717, 1.165) is 49.8 Å². The Kier molecular flexibility index (Phi) is 2.69. The van der Waals surface area contributed by atoms with Crippen LogP contribution in [0.3, 0.4) is 0 Å². The van der Waals surface area contributed by atoms with Gasteiger partial charge in [-0.15, -0.1) is 0 Å². The Balaban J connectivity index is 1.99. The highest BCUT2D eigenvalue weighted by atomic mass is 15.2. The van der Waals surface area contributed by atoms with E-state index < -0.39 is 0 Å². The minimum absolute atomic E-state index is 0.809. The zero-order valence-electron chi connectivity index (χ0n) is 8.51. The van der Waals surface area contributed by atoms with Crippen molar-refractivity contribution in [3.05, 3.63) is 11.4 Å². The van der Waals surface area contributed by atoms with Crippen LogP contribution in [0.4, 0.5) is 5.69 Å². The van der Waals surface area contributed by atoms with Crippen molar-refractivity contribution in [1.82, 2.24) is 20.4 Å². The first-order valence-corrected chi connectivity index (χ1v) is 5.00. The first kappa shape index (κ1) is 9.48. The van der Waals surface area contributed by atoms with Crippen LogP contribution in [0.1, 0.15) is 11.4 Å². The van der Waals surface area contributed by atoms with Gasteiger partial charge < -0.3 is 11.1 Å². The maximum atomic E-state index is 5.88. The molecule has 1 aromatic heterocycles. The third-order valence-corrected chi connectivity index (χ3v) is 2.66. The van der Waals surface area contributed by atoms with E-state index in [1.165, 1.54) is 0 Å². The Morgan fingerprint density at radius 2 is 2.14 bits per heavy atom. The van der Waals surface area contributed by atoms with Crippen molar-refractivity contribution in [2.45, 2.75) is 13.5 Å². The van der Waals surface area contributed by atoms with Crippen molar-refractivity contribution in [3.8, 4) is 0 Å². The van der Waals surface area contributed by atoms with Gasteiger partial charge in [-0.25, -0.2) is 0 Å². The molecule has 1 aliphatic rings. The summed E-state index contributed by atoms with van der Waals surface area (Å²) in [6, 6.07) is 0. The van der Waals surface area contributed by atoms with Gasteiger partial charge in [0.05, 0.1) is 17.1 Å². The molecule has 0 spiro atoms. The molecule has 4 N–H and O–H groups in total. The van der Waals surface area contributed by atoms with E-state index in [1.807, 2.05) is 6.92 Å². The standard InChI is InChI=1S/C9H17N5/c1-7-9(10)8(13-12-7)6-14-4-2-11-3-5-14/h11H,2-6,10H2,1H3,(H,12,13). The lowest BCUT2D eigenvalue weighted by Crippen LogP contribution is -2.43. The second-order valence-electron chi connectivity index (χ2n) is 3.74. The second kappa shape index (κ2) is 3.98. The van der Waals surface area contributed by atoms with Crippen LogP contribution in [-0.2, 0) is 6.54 Å². The average Bonchev–Trinajstić information content (AvgIpc) is 2.52. The summed E-state index contributed by atoms with van der Waals surface area (Å²) < 4.78 is 0. The number of nitrogens with two attached hydrogens (primary N) is 1. The SMILES string of the molecule is Cc1[nH]nc(CN2CCNCC2)c1N. The molecule has 0 bridgehead atoms. The van der Waals surface area contributed by atoms with Gasteiger partial charge in [0.2, 0.25) is 0 Å². The molecule has 0 atom stereocenters. The van der Waals surface area contributed by atoms with Crippen molar-refractivity contribution in [2.24, 2.45) is 0 Å². The van der Waals surface area contributed by atoms with Gasteiger partial charge in [0.1, 0.15) is 0 Å². The van der Waals surface area contributed by atoms with Gasteiger partial charge in [0.25, 0.3) is 0 Å². The maximum Gasteiger partial charge on any atom is 0.0994 e. The van der Waals surface area contributed by atoms with Crippen molar-refractivity contribution in [3.63, 3.8) is 0 Å². The minimum atomic E-state index is 0.809. The van der Waals surface area contributed by atoms with Crippen molar-refractivity contribution in [2.75, 3.05) is 31.9 Å². The Labute approximate surface area is 83.7 Å². The van der Waals surface area contributed by atoms with Gasteiger partial charge >= 0.3 is 0 Å². The summed E-state index contributed by atoms with van der Waals surface area (Å²) in [5.74, 6) is 0. The lowest BCUT2D eigenvalue weighted by Gasteiger charge is -2.26. The Hall–Kier alpha value is -1.07. The summed E-state index contributed by atoms with van der Waals surface area (Å²) in [6.45, 7) is 7.07. The molecular weight excluding hydrogens is 178 g/mol. The fourth-order valence-electron chi connectivity index (χ4n) is 1.69. The normalized spacial score (nSPS) is 18.6. The van der Waals surface area contributed by atoms with Crippen LogP contribution in [0.15, 0.2) is 0 Å². The Morgan fingerprint density at radius 3 is 2.71 bits per heavy atom. The Morgan fingerprint density at radius 1 is 1.43 bits per heavy atom. The summed E-state index contributed by atoms with van der Waals surface area (Å²) in [4.78, 5) is 2.36. The second-order valence-corrected chi connectivity index (χ2v) is 3.74. The molecule has 0 saturated carbocycles. The van der Waals surface area contributed by atoms with E-state index in [1.54, 1.807) is 0 Å². The van der Waals surface area contributed by atoms with Gasteiger partial charge in [-0.05, 0) is 6.92 Å². The fraction of sp³-hybridized carbons (Fsp3) is 0.667. The summed E-state index contributed by atoms with van der Waals surface area (Å²) in [5.41, 5.74) is 8.64. The van der Waals surface area contributed by atoms with Gasteiger partial charge in [0, 0.05) is 32.7 Å². The van der Waals surface area contributed by atoms with Gasteiger partial charge in [-0.2, -0.15) is 5.10 Å². The number of anilines is 1. The number of hydrogen-bond acceptors (Lipinski definition) is 4. The first-order chi connectivity index (χ1) is 6.77. The molecule has 1 aliphatic heterocycles. The molecule has 14 heavy (non-hydrogen) atoms. The van der Waals surface area contributed by atoms with Crippen LogP contribution >= 0.6 is 0 Å². The van der Waals surface area contributed by atoms with Crippen LogP contribution in [0.5, 0.6) is 0 Å². The van der Waals surface area contributed by atoms with Gasteiger partial charge in [0.15, 0.2) is 0 Å². The monoisotopic (exact) mass is 195 g/mol. The molecule has 5 heteroatoms. The molecule has 2 heterocycles. The van der Waals surface area contributed by atoms with Crippen LogP contribution in [0.25, 0.3) is 0 Å². The number of nitrogen functional groups attached to an aromatic ring is 1. The number of nitrogens with one attached hydrogen (secondary N) is 2. The van der Waals surface area contributed by atoms with Crippen LogP contribution < -0.4 is 11.1 Å². The van der Waals surface area contributed by atoms with E-state index in [4.69, 9.17) is 5.73 Å². The van der Waals surface area contributed by atoms with E-state index in [-0.39, 0.29) is 0 Å². The molecule has 1 fully saturated rings. The molecule has 78 valence electrons. The summed E-state index contributed by atoms with van der Waals surface area (Å²) in [5, 5.41) is 10.4. The smallest absolute Gasteiger partial charge is 0.0994 e. The minimum Gasteiger partial charge on any atom is -0.396 e. The average molecular weight is 195 g/mol. The molecule has 0 radical (unpaired) electrons. The molecule has 0 aliphatic carbocycles. The zero-order valence-corrected chi connectivity index (χ0v) is 8.51. The van der Waals surface area contributed by atoms with E-state index in [0.29, 0.717) is 0 Å². The number of H-pyrrole nitrogens is 1. The van der Waals surface area contributed by atoms with Crippen LogP contribution in [0, 0.1) is 6.92 Å². The molecule has 1 aromatic rings. The van der Waals surface area contributed by atoms with Gasteiger partial charge in [-0.3, -0.25) is 10.00 Å². The molecule has 0 aromatic carbocycles. The van der Waals surface area contributed by atoms with E-state index in [9.17, 15) is 0 Å². The number of aromatic nitrogens is 2. The highest BCUT2D eigenvalue weighted by molar-refractivity contribution is 5.46. The lowest BCUT2D eigenvalue weighted by atomic mass is 10.2. The third-order valence-electron chi connectivity index (χ3n) is 2.66. The predicted octanol–water partition coefficient (Wildman–Crippen LogP) is -0.294. The number of hydrogen-bond donors (Lipinski definition) is 3. The van der Waals surface area contributed by atoms with Crippen molar-refractivity contribution >= 4 is 5.69 Å². The summed E-state index contributed by atoms with van der Waals surface area (Å²) in [7, 11) is 0. The highest BCUT2D eigenvalue weighted by Crippen LogP contribution is 2.14. The topological polar surface area (TPSA) is 70.0 Å². The molecule has 2 rings (SSSR count). The van der Waals surface area contributed by atoms with E-state index >= 15 is 0 Å². The van der Waals surface area contributed by atoms with Crippen LogP contribution in [0.2, 0.25) is 0 Å². The summed E-state index contributed by atoms with van der Waals surface area (Å²) in [6.07, 6.45) is 0. The Bertz CT molecular complexity index is 300. The quantitative estimate of drug-likeness (QED) is 0.606. The molecule has 5 nitrogen and oxygen atoms in total.